The molecule has 1 aliphatic rings. The van der Waals surface area contributed by atoms with Gasteiger partial charge in [0.2, 0.25) is 5.95 Å². The number of aryl methyl sites for hydroxylation is 1. The Kier molecular flexibility index (Phi) is 4.64. The van der Waals surface area contributed by atoms with E-state index < -0.39 is 0 Å². The van der Waals surface area contributed by atoms with E-state index in [-0.39, 0.29) is 11.5 Å². The molecule has 8 nitrogen and oxygen atoms in total. The molecule has 0 spiro atoms. The predicted octanol–water partition coefficient (Wildman–Crippen LogP) is 1.17. The highest BCUT2D eigenvalue weighted by molar-refractivity contribution is 5.41. The summed E-state index contributed by atoms with van der Waals surface area (Å²) < 4.78 is 2.14. The quantitative estimate of drug-likeness (QED) is 0.720. The third-order valence-corrected chi connectivity index (χ3v) is 4.81. The number of H-pyrrole nitrogens is 1. The zero-order valence-electron chi connectivity index (χ0n) is 15.3. The molecule has 0 unspecified atom stereocenters. The van der Waals surface area contributed by atoms with Crippen LogP contribution in [0.15, 0.2) is 47.5 Å². The first kappa shape index (κ1) is 17.3. The fourth-order valence-corrected chi connectivity index (χ4v) is 3.41. The van der Waals surface area contributed by atoms with Crippen LogP contribution in [0.5, 0.6) is 0 Å². The first-order valence-electron chi connectivity index (χ1n) is 9.02. The molecule has 0 atom stereocenters. The van der Waals surface area contributed by atoms with Gasteiger partial charge in [0, 0.05) is 56.9 Å². The van der Waals surface area contributed by atoms with Crippen molar-refractivity contribution in [2.75, 3.05) is 36.8 Å². The Labute approximate surface area is 157 Å². The lowest BCUT2D eigenvalue weighted by molar-refractivity contribution is 0.245. The molecule has 1 aliphatic heterocycles. The van der Waals surface area contributed by atoms with Crippen LogP contribution in [0, 0.1) is 6.92 Å². The first-order valence-corrected chi connectivity index (χ1v) is 9.02. The van der Waals surface area contributed by atoms with Gasteiger partial charge in [0.15, 0.2) is 0 Å². The highest BCUT2D eigenvalue weighted by Gasteiger charge is 2.20. The van der Waals surface area contributed by atoms with E-state index in [1.54, 1.807) is 0 Å². The monoisotopic (exact) mass is 365 g/mol. The number of hydrogen-bond donors (Lipinski definition) is 2. The number of pyridine rings is 1. The smallest absolute Gasteiger partial charge is 0.254 e. The van der Waals surface area contributed by atoms with Crippen molar-refractivity contribution >= 4 is 11.8 Å². The Hall–Kier alpha value is -3.13. The van der Waals surface area contributed by atoms with Crippen molar-refractivity contribution in [1.29, 1.82) is 0 Å². The topological polar surface area (TPSA) is 96.1 Å². The summed E-state index contributed by atoms with van der Waals surface area (Å²) in [4.78, 5) is 27.3. The average molecular weight is 365 g/mol. The first-order chi connectivity index (χ1) is 13.1. The molecular formula is C19H23N7O. The molecule has 140 valence electrons. The van der Waals surface area contributed by atoms with Gasteiger partial charge < -0.3 is 15.2 Å². The van der Waals surface area contributed by atoms with Gasteiger partial charge in [-0.15, -0.1) is 0 Å². The molecule has 0 bridgehead atoms. The second kappa shape index (κ2) is 7.24. The number of nitrogens with one attached hydrogen (secondary N) is 1. The fourth-order valence-electron chi connectivity index (χ4n) is 3.41. The van der Waals surface area contributed by atoms with Crippen molar-refractivity contribution in [2.24, 2.45) is 0 Å². The lowest BCUT2D eigenvalue weighted by atomic mass is 10.2. The summed E-state index contributed by atoms with van der Waals surface area (Å²) >= 11 is 0. The van der Waals surface area contributed by atoms with Gasteiger partial charge in [0.25, 0.3) is 5.56 Å². The molecule has 0 saturated carbocycles. The zero-order valence-corrected chi connectivity index (χ0v) is 15.3. The molecular weight excluding hydrogens is 342 g/mol. The van der Waals surface area contributed by atoms with Crippen LogP contribution >= 0.6 is 0 Å². The molecule has 3 N–H and O–H groups in total. The van der Waals surface area contributed by atoms with E-state index in [0.29, 0.717) is 5.82 Å². The maximum Gasteiger partial charge on any atom is 0.254 e. The predicted molar refractivity (Wildman–Crippen MR) is 105 cm³/mol. The number of rotatable bonds is 4. The molecule has 0 amide bonds. The number of aromatic nitrogens is 4. The molecule has 3 aromatic heterocycles. The molecule has 4 heterocycles. The van der Waals surface area contributed by atoms with Gasteiger partial charge in [0.1, 0.15) is 11.6 Å². The Bertz CT molecular complexity index is 985. The summed E-state index contributed by atoms with van der Waals surface area (Å²) in [5.74, 6) is 1.74. The van der Waals surface area contributed by atoms with E-state index in [0.717, 1.165) is 38.5 Å². The zero-order chi connectivity index (χ0) is 18.8. The Morgan fingerprint density at radius 1 is 1.15 bits per heavy atom. The minimum absolute atomic E-state index is 0.156. The van der Waals surface area contributed by atoms with Gasteiger partial charge in [0.05, 0.1) is 0 Å². The highest BCUT2D eigenvalue weighted by atomic mass is 16.1. The number of nitrogens with two attached hydrogens (primary N) is 1. The summed E-state index contributed by atoms with van der Waals surface area (Å²) in [6.07, 6.45) is 3.89. The Balaban J connectivity index is 1.43. The number of hydrogen-bond acceptors (Lipinski definition) is 6. The van der Waals surface area contributed by atoms with Crippen LogP contribution in [-0.4, -0.2) is 50.6 Å². The molecule has 3 aromatic rings. The molecule has 1 fully saturated rings. The van der Waals surface area contributed by atoms with Gasteiger partial charge in [-0.3, -0.25) is 14.7 Å². The lowest BCUT2D eigenvalue weighted by Gasteiger charge is -2.35. The summed E-state index contributed by atoms with van der Waals surface area (Å²) in [7, 11) is 0. The van der Waals surface area contributed by atoms with E-state index in [9.17, 15) is 4.79 Å². The number of nitrogen functional groups attached to an aromatic ring is 1. The third kappa shape index (κ3) is 3.85. The maximum absolute atomic E-state index is 11.6. The number of aromatic amines is 1. The minimum Gasteiger partial charge on any atom is -0.369 e. The van der Waals surface area contributed by atoms with Crippen molar-refractivity contribution in [1.82, 2.24) is 24.4 Å². The second-order valence-corrected chi connectivity index (χ2v) is 6.81. The van der Waals surface area contributed by atoms with Gasteiger partial charge >= 0.3 is 0 Å². The molecule has 8 heteroatoms. The Morgan fingerprint density at radius 2 is 1.96 bits per heavy atom. The molecule has 1 saturated heterocycles. The van der Waals surface area contributed by atoms with E-state index >= 15 is 0 Å². The maximum atomic E-state index is 11.6. The van der Waals surface area contributed by atoms with Crippen molar-refractivity contribution in [3.63, 3.8) is 0 Å². The fraction of sp³-hybridized carbons (Fsp3) is 0.316. The minimum atomic E-state index is -0.219. The molecule has 0 radical (unpaired) electrons. The van der Waals surface area contributed by atoms with E-state index in [2.05, 4.69) is 60.6 Å². The van der Waals surface area contributed by atoms with Crippen molar-refractivity contribution < 1.29 is 0 Å². The van der Waals surface area contributed by atoms with Crippen LogP contribution in [0.25, 0.3) is 5.82 Å². The Morgan fingerprint density at radius 3 is 2.70 bits per heavy atom. The average Bonchev–Trinajstić information content (AvgIpc) is 3.10. The number of nitrogens with zero attached hydrogens (tertiary/aromatic N) is 5. The van der Waals surface area contributed by atoms with Crippen LogP contribution in [0.4, 0.5) is 11.8 Å². The van der Waals surface area contributed by atoms with Crippen molar-refractivity contribution in [3.05, 3.63) is 64.3 Å². The second-order valence-electron chi connectivity index (χ2n) is 6.81. The summed E-state index contributed by atoms with van der Waals surface area (Å²) in [5.41, 5.74) is 7.84. The van der Waals surface area contributed by atoms with Crippen LogP contribution in [0.3, 0.4) is 0 Å². The lowest BCUT2D eigenvalue weighted by Crippen LogP contribution is -2.46. The summed E-state index contributed by atoms with van der Waals surface area (Å²) in [6.45, 7) is 6.31. The normalized spacial score (nSPS) is 15.2. The summed E-state index contributed by atoms with van der Waals surface area (Å²) in [6, 6.07) is 9.78. The molecule has 0 aliphatic carbocycles. The molecule has 4 rings (SSSR count). The largest absolute Gasteiger partial charge is 0.369 e. The van der Waals surface area contributed by atoms with Crippen LogP contribution in [0.2, 0.25) is 0 Å². The van der Waals surface area contributed by atoms with Gasteiger partial charge in [-0.05, 0) is 36.8 Å². The van der Waals surface area contributed by atoms with Crippen LogP contribution in [-0.2, 0) is 6.54 Å². The van der Waals surface area contributed by atoms with Gasteiger partial charge in [-0.2, -0.15) is 4.98 Å². The van der Waals surface area contributed by atoms with Gasteiger partial charge in [-0.25, -0.2) is 4.98 Å². The summed E-state index contributed by atoms with van der Waals surface area (Å²) in [5, 5.41) is 0. The SMILES string of the molecule is Cc1ccnc(-n2cccc2CN2CCN(c3cc(=O)[nH]c(N)n3)CC2)c1. The molecule has 0 aromatic carbocycles. The third-order valence-electron chi connectivity index (χ3n) is 4.81. The number of piperazine rings is 1. The number of anilines is 2. The highest BCUT2D eigenvalue weighted by Crippen LogP contribution is 2.17. The van der Waals surface area contributed by atoms with Crippen LogP contribution in [0.1, 0.15) is 11.3 Å². The molecule has 27 heavy (non-hydrogen) atoms. The van der Waals surface area contributed by atoms with Crippen LogP contribution < -0.4 is 16.2 Å². The standard InChI is InChI=1S/C19H23N7O/c1-14-4-5-21-16(11-14)26-6-2-3-15(26)13-24-7-9-25(10-8-24)17-12-18(27)23-19(20)22-17/h2-6,11-12H,7-10,13H2,1H3,(H3,20,22,23,27). The van der Waals surface area contributed by atoms with E-state index in [1.165, 1.54) is 17.3 Å². The van der Waals surface area contributed by atoms with E-state index in [4.69, 9.17) is 5.73 Å². The van der Waals surface area contributed by atoms with E-state index in [1.807, 2.05) is 12.3 Å². The van der Waals surface area contributed by atoms with Crippen molar-refractivity contribution in [2.45, 2.75) is 13.5 Å². The van der Waals surface area contributed by atoms with Crippen molar-refractivity contribution in [3.8, 4) is 5.82 Å². The van der Waals surface area contributed by atoms with Gasteiger partial charge in [-0.1, -0.05) is 0 Å².